The lowest BCUT2D eigenvalue weighted by Gasteiger charge is -2.19. The van der Waals surface area contributed by atoms with Gasteiger partial charge in [0.15, 0.2) is 0 Å². The number of anilines is 2. The zero-order valence-corrected chi connectivity index (χ0v) is 15.5. The van der Waals surface area contributed by atoms with Gasteiger partial charge in [-0.3, -0.25) is 4.72 Å². The van der Waals surface area contributed by atoms with E-state index in [1.165, 1.54) is 0 Å². The van der Waals surface area contributed by atoms with Crippen LogP contribution in [0.5, 0.6) is 0 Å². The summed E-state index contributed by atoms with van der Waals surface area (Å²) < 4.78 is 29.0. The number of nitrogens with one attached hydrogen (secondary N) is 1. The van der Waals surface area contributed by atoms with E-state index >= 15 is 0 Å². The van der Waals surface area contributed by atoms with Crippen LogP contribution < -0.4 is 9.62 Å². The number of halogens is 2. The highest BCUT2D eigenvalue weighted by atomic mass is 79.9. The van der Waals surface area contributed by atoms with Crippen molar-refractivity contribution in [3.8, 4) is 0 Å². The summed E-state index contributed by atoms with van der Waals surface area (Å²) in [6.07, 6.45) is 0. The van der Waals surface area contributed by atoms with E-state index in [0.29, 0.717) is 10.2 Å². The fourth-order valence-electron chi connectivity index (χ4n) is 1.84. The number of hydrogen-bond acceptors (Lipinski definition) is 3. The van der Waals surface area contributed by atoms with E-state index in [4.69, 9.17) is 0 Å². The van der Waals surface area contributed by atoms with Crippen molar-refractivity contribution in [2.75, 3.05) is 23.7 Å². The minimum atomic E-state index is -3.66. The van der Waals surface area contributed by atoms with Gasteiger partial charge in [-0.05, 0) is 46.3 Å². The summed E-state index contributed by atoms with van der Waals surface area (Å²) in [5.74, 6) is 0. The van der Waals surface area contributed by atoms with E-state index in [1.807, 2.05) is 31.1 Å². The molecule has 0 fully saturated rings. The Morgan fingerprint density at radius 2 is 1.71 bits per heavy atom. The maximum atomic E-state index is 12.5. The monoisotopic (exact) mass is 432 g/mol. The molecule has 21 heavy (non-hydrogen) atoms. The van der Waals surface area contributed by atoms with Gasteiger partial charge in [-0.2, -0.15) is 0 Å². The smallest absolute Gasteiger partial charge is 0.263 e. The number of benzene rings is 2. The lowest BCUT2D eigenvalue weighted by atomic mass is 10.2. The molecule has 4 nitrogen and oxygen atoms in total. The molecule has 0 radical (unpaired) electrons. The largest absolute Gasteiger partial charge is 0.376 e. The molecule has 7 heteroatoms. The van der Waals surface area contributed by atoms with E-state index < -0.39 is 10.0 Å². The molecule has 0 heterocycles. The fraction of sp³-hybridized carbons (Fsp3) is 0.143. The average Bonchev–Trinajstić information content (AvgIpc) is 2.38. The number of sulfonamides is 1. The van der Waals surface area contributed by atoms with Crippen molar-refractivity contribution < 1.29 is 8.42 Å². The van der Waals surface area contributed by atoms with Crippen molar-refractivity contribution in [1.29, 1.82) is 0 Å². The van der Waals surface area contributed by atoms with Crippen molar-refractivity contribution in [1.82, 2.24) is 0 Å². The minimum absolute atomic E-state index is 0.203. The van der Waals surface area contributed by atoms with Gasteiger partial charge in [0, 0.05) is 23.0 Å². The standard InChI is InChI=1S/C14H14Br2N2O2S/c1-18(2)13-8-7-10(15)9-12(13)17-21(19,20)14-6-4-3-5-11(14)16/h3-9,17H,1-2H3. The van der Waals surface area contributed by atoms with Crippen LogP contribution in [0, 0.1) is 0 Å². The summed E-state index contributed by atoms with van der Waals surface area (Å²) >= 11 is 6.63. The second-order valence-electron chi connectivity index (χ2n) is 4.59. The second-order valence-corrected chi connectivity index (χ2v) is 8.01. The summed E-state index contributed by atoms with van der Waals surface area (Å²) in [4.78, 5) is 2.05. The molecule has 112 valence electrons. The van der Waals surface area contributed by atoms with Crippen molar-refractivity contribution in [2.24, 2.45) is 0 Å². The topological polar surface area (TPSA) is 49.4 Å². The van der Waals surface area contributed by atoms with Crippen LogP contribution in [0.3, 0.4) is 0 Å². The quantitative estimate of drug-likeness (QED) is 0.790. The Balaban J connectivity index is 2.47. The van der Waals surface area contributed by atoms with Gasteiger partial charge in [0.2, 0.25) is 0 Å². The van der Waals surface area contributed by atoms with Gasteiger partial charge in [0.1, 0.15) is 4.90 Å². The molecule has 0 atom stereocenters. The number of nitrogens with zero attached hydrogens (tertiary/aromatic N) is 1. The predicted octanol–water partition coefficient (Wildman–Crippen LogP) is 4.08. The van der Waals surface area contributed by atoms with E-state index in [9.17, 15) is 8.42 Å². The van der Waals surface area contributed by atoms with Crippen molar-refractivity contribution in [3.05, 3.63) is 51.4 Å². The van der Waals surface area contributed by atoms with Crippen molar-refractivity contribution >= 4 is 53.3 Å². The Kier molecular flexibility index (Phi) is 4.95. The van der Waals surface area contributed by atoms with Crippen LogP contribution in [0.1, 0.15) is 0 Å². The molecule has 0 aliphatic heterocycles. The molecule has 0 spiro atoms. The molecule has 0 saturated heterocycles. The molecular formula is C14H14Br2N2O2S. The van der Waals surface area contributed by atoms with Gasteiger partial charge in [0.05, 0.1) is 11.4 Å². The van der Waals surface area contributed by atoms with Gasteiger partial charge in [-0.15, -0.1) is 0 Å². The van der Waals surface area contributed by atoms with Crippen LogP contribution in [0.4, 0.5) is 11.4 Å². The normalized spacial score (nSPS) is 11.2. The molecule has 2 rings (SSSR count). The maximum Gasteiger partial charge on any atom is 0.263 e. The SMILES string of the molecule is CN(C)c1ccc(Br)cc1NS(=O)(=O)c1ccccc1Br. The average molecular weight is 434 g/mol. The molecule has 0 aliphatic carbocycles. The second kappa shape index (κ2) is 6.37. The first-order valence-corrected chi connectivity index (χ1v) is 9.12. The molecular weight excluding hydrogens is 420 g/mol. The van der Waals surface area contributed by atoms with Gasteiger partial charge in [0.25, 0.3) is 10.0 Å². The molecule has 0 unspecified atom stereocenters. The zero-order valence-electron chi connectivity index (χ0n) is 11.5. The zero-order chi connectivity index (χ0) is 15.6. The van der Waals surface area contributed by atoms with E-state index in [-0.39, 0.29) is 4.90 Å². The lowest BCUT2D eigenvalue weighted by molar-refractivity contribution is 0.601. The number of hydrogen-bond donors (Lipinski definition) is 1. The van der Waals surface area contributed by atoms with Gasteiger partial charge < -0.3 is 4.90 Å². The molecule has 2 aromatic carbocycles. The highest BCUT2D eigenvalue weighted by molar-refractivity contribution is 9.10. The third-order valence-electron chi connectivity index (χ3n) is 2.81. The lowest BCUT2D eigenvalue weighted by Crippen LogP contribution is -2.17. The van der Waals surface area contributed by atoms with Crippen LogP contribution in [0.15, 0.2) is 56.3 Å². The van der Waals surface area contributed by atoms with Crippen LogP contribution in [-0.4, -0.2) is 22.5 Å². The van der Waals surface area contributed by atoms with Crippen molar-refractivity contribution in [3.63, 3.8) is 0 Å². The summed E-state index contributed by atoms with van der Waals surface area (Å²) in [5.41, 5.74) is 1.30. The van der Waals surface area contributed by atoms with E-state index in [1.54, 1.807) is 30.3 Å². The highest BCUT2D eigenvalue weighted by Gasteiger charge is 2.19. The van der Waals surface area contributed by atoms with Gasteiger partial charge in [-0.25, -0.2) is 8.42 Å². The molecule has 0 amide bonds. The minimum Gasteiger partial charge on any atom is -0.376 e. The van der Waals surface area contributed by atoms with Crippen LogP contribution in [0.25, 0.3) is 0 Å². The van der Waals surface area contributed by atoms with Gasteiger partial charge >= 0.3 is 0 Å². The maximum absolute atomic E-state index is 12.5. The third-order valence-corrected chi connectivity index (χ3v) is 5.68. The van der Waals surface area contributed by atoms with Crippen LogP contribution in [-0.2, 0) is 10.0 Å². The Morgan fingerprint density at radius 3 is 2.33 bits per heavy atom. The van der Waals surface area contributed by atoms with Crippen LogP contribution >= 0.6 is 31.9 Å². The Bertz CT molecular complexity index is 761. The molecule has 0 bridgehead atoms. The Morgan fingerprint density at radius 1 is 1.05 bits per heavy atom. The Labute approximate surface area is 141 Å². The predicted molar refractivity (Wildman–Crippen MR) is 93.4 cm³/mol. The summed E-state index contributed by atoms with van der Waals surface area (Å²) in [6.45, 7) is 0. The summed E-state index contributed by atoms with van der Waals surface area (Å²) in [5, 5.41) is 0. The molecule has 0 aliphatic rings. The molecule has 0 aromatic heterocycles. The Hall–Kier alpha value is -1.05. The molecule has 0 saturated carbocycles. The van der Waals surface area contributed by atoms with Crippen molar-refractivity contribution in [2.45, 2.75) is 4.90 Å². The first-order chi connectivity index (χ1) is 9.81. The fourth-order valence-corrected chi connectivity index (χ4v) is 4.27. The van der Waals surface area contributed by atoms with Crippen LogP contribution in [0.2, 0.25) is 0 Å². The van der Waals surface area contributed by atoms with E-state index in [2.05, 4.69) is 36.6 Å². The first-order valence-electron chi connectivity index (χ1n) is 6.05. The highest BCUT2D eigenvalue weighted by Crippen LogP contribution is 2.31. The molecule has 1 N–H and O–H groups in total. The summed E-state index contributed by atoms with van der Waals surface area (Å²) in [7, 11) is 0.0600. The molecule has 2 aromatic rings. The summed E-state index contributed by atoms with van der Waals surface area (Å²) in [6, 6.07) is 12.2. The van der Waals surface area contributed by atoms with E-state index in [0.717, 1.165) is 10.2 Å². The third kappa shape index (κ3) is 3.78. The first kappa shape index (κ1) is 16.3. The van der Waals surface area contributed by atoms with Gasteiger partial charge in [-0.1, -0.05) is 28.1 Å². The number of rotatable bonds is 4.